The van der Waals surface area contributed by atoms with Crippen LogP contribution in [0, 0.1) is 13.8 Å². The molecule has 0 bridgehead atoms. The molecule has 5 heteroatoms. The van der Waals surface area contributed by atoms with Crippen LogP contribution in [0.4, 0.5) is 0 Å². The predicted molar refractivity (Wildman–Crippen MR) is 85.2 cm³/mol. The third kappa shape index (κ3) is 4.93. The summed E-state index contributed by atoms with van der Waals surface area (Å²) in [6, 6.07) is 5.85. The first-order chi connectivity index (χ1) is 9.75. The molecule has 0 aliphatic heterocycles. The second kappa shape index (κ2) is 7.55. The summed E-state index contributed by atoms with van der Waals surface area (Å²) in [6.07, 6.45) is 4.12. The van der Waals surface area contributed by atoms with Crippen LogP contribution in [0.5, 0.6) is 0 Å². The van der Waals surface area contributed by atoms with Crippen LogP contribution in [0.3, 0.4) is 0 Å². The number of unbranched alkanes of at least 4 members (excludes halogenated alkanes) is 2. The summed E-state index contributed by atoms with van der Waals surface area (Å²) in [7, 11) is -4.55. The van der Waals surface area contributed by atoms with Gasteiger partial charge in [0.25, 0.3) is 0 Å². The Bertz CT molecular complexity index is 509. The SMILES string of the molecule is CCCCCC(CC)(OP(=O)(O)O)c1cccc(C)c1C. The van der Waals surface area contributed by atoms with Crippen LogP contribution in [0.25, 0.3) is 0 Å². The third-order valence-corrected chi connectivity index (χ3v) is 4.73. The van der Waals surface area contributed by atoms with Gasteiger partial charge >= 0.3 is 7.82 Å². The maximum atomic E-state index is 11.5. The molecule has 1 aromatic rings. The molecule has 120 valence electrons. The average Bonchev–Trinajstić information content (AvgIpc) is 2.39. The van der Waals surface area contributed by atoms with E-state index in [-0.39, 0.29) is 0 Å². The molecule has 0 aliphatic rings. The molecule has 0 aliphatic carbocycles. The molecule has 0 saturated heterocycles. The van der Waals surface area contributed by atoms with Crippen LogP contribution < -0.4 is 0 Å². The van der Waals surface area contributed by atoms with Crippen molar-refractivity contribution >= 4 is 7.82 Å². The third-order valence-electron chi connectivity index (χ3n) is 4.14. The van der Waals surface area contributed by atoms with Crippen molar-refractivity contribution in [2.45, 2.75) is 65.4 Å². The Balaban J connectivity index is 3.27. The summed E-state index contributed by atoms with van der Waals surface area (Å²) < 4.78 is 16.8. The minimum Gasteiger partial charge on any atom is -0.303 e. The lowest BCUT2D eigenvalue weighted by molar-refractivity contribution is 0.0163. The van der Waals surface area contributed by atoms with E-state index < -0.39 is 13.4 Å². The molecule has 0 amide bonds. The minimum absolute atomic E-state index is 0.534. The van der Waals surface area contributed by atoms with Gasteiger partial charge in [0.15, 0.2) is 0 Å². The number of benzene rings is 1. The normalized spacial score (nSPS) is 15.0. The van der Waals surface area contributed by atoms with E-state index >= 15 is 0 Å². The highest BCUT2D eigenvalue weighted by molar-refractivity contribution is 7.46. The molecular formula is C16H27O4P. The predicted octanol–water partition coefficient (Wildman–Crippen LogP) is 4.60. The minimum atomic E-state index is -4.55. The summed E-state index contributed by atoms with van der Waals surface area (Å²) in [4.78, 5) is 18.7. The number of phosphoric ester groups is 1. The first-order valence-electron chi connectivity index (χ1n) is 7.58. The standard InChI is InChI=1S/C16H27O4P/c1-5-7-8-12-16(6-2,20-21(17,18)19)15-11-9-10-13(3)14(15)4/h9-11H,5-8,12H2,1-4H3,(H2,17,18,19). The van der Waals surface area contributed by atoms with Crippen LogP contribution >= 0.6 is 7.82 Å². The molecular weight excluding hydrogens is 287 g/mol. The number of hydrogen-bond donors (Lipinski definition) is 2. The molecule has 0 radical (unpaired) electrons. The van der Waals surface area contributed by atoms with Crippen LogP contribution in [0.15, 0.2) is 18.2 Å². The van der Waals surface area contributed by atoms with Crippen molar-refractivity contribution in [1.29, 1.82) is 0 Å². The zero-order chi connectivity index (χ0) is 16.1. The summed E-state index contributed by atoms with van der Waals surface area (Å²) in [5, 5.41) is 0. The van der Waals surface area contributed by atoms with Crippen LogP contribution in [-0.4, -0.2) is 9.79 Å². The maximum Gasteiger partial charge on any atom is 0.470 e. The van der Waals surface area contributed by atoms with Gasteiger partial charge in [0.1, 0.15) is 5.60 Å². The van der Waals surface area contributed by atoms with E-state index in [1.807, 2.05) is 39.0 Å². The number of phosphoric acid groups is 1. The van der Waals surface area contributed by atoms with Gasteiger partial charge in [-0.3, -0.25) is 4.52 Å². The van der Waals surface area contributed by atoms with Crippen molar-refractivity contribution in [3.63, 3.8) is 0 Å². The molecule has 1 rings (SSSR count). The molecule has 1 aromatic carbocycles. The number of rotatable bonds is 8. The van der Waals surface area contributed by atoms with E-state index in [0.717, 1.165) is 36.0 Å². The second-order valence-corrected chi connectivity index (χ2v) is 6.80. The largest absolute Gasteiger partial charge is 0.470 e. The first kappa shape index (κ1) is 18.4. The number of hydrogen-bond acceptors (Lipinski definition) is 2. The summed E-state index contributed by atoms with van der Waals surface area (Å²) >= 11 is 0. The van der Waals surface area contributed by atoms with Gasteiger partial charge in [0, 0.05) is 0 Å². The molecule has 0 heterocycles. The highest BCUT2D eigenvalue weighted by Gasteiger charge is 2.38. The van der Waals surface area contributed by atoms with Crippen molar-refractivity contribution in [1.82, 2.24) is 0 Å². The van der Waals surface area contributed by atoms with Crippen molar-refractivity contribution in [3.05, 3.63) is 34.9 Å². The van der Waals surface area contributed by atoms with Gasteiger partial charge in [-0.2, -0.15) is 0 Å². The Morgan fingerprint density at radius 1 is 1.19 bits per heavy atom. The van der Waals surface area contributed by atoms with Gasteiger partial charge in [0.2, 0.25) is 0 Å². The molecule has 0 saturated carbocycles. The molecule has 4 nitrogen and oxygen atoms in total. The molecule has 21 heavy (non-hydrogen) atoms. The molecule has 1 atom stereocenters. The summed E-state index contributed by atoms with van der Waals surface area (Å²) in [5.41, 5.74) is 2.13. The Hall–Kier alpha value is -0.670. The number of aryl methyl sites for hydroxylation is 1. The van der Waals surface area contributed by atoms with Crippen LogP contribution in [0.1, 0.15) is 62.6 Å². The summed E-state index contributed by atoms with van der Waals surface area (Å²) in [6.45, 7) is 8.01. The smallest absolute Gasteiger partial charge is 0.303 e. The van der Waals surface area contributed by atoms with Crippen molar-refractivity contribution in [2.75, 3.05) is 0 Å². The molecule has 0 aromatic heterocycles. The Morgan fingerprint density at radius 2 is 1.86 bits per heavy atom. The zero-order valence-corrected chi connectivity index (χ0v) is 14.3. The summed E-state index contributed by atoms with van der Waals surface area (Å²) in [5.74, 6) is 0. The van der Waals surface area contributed by atoms with E-state index in [1.54, 1.807) is 0 Å². The van der Waals surface area contributed by atoms with Crippen LogP contribution in [-0.2, 0) is 14.7 Å². The van der Waals surface area contributed by atoms with E-state index in [9.17, 15) is 14.4 Å². The molecule has 1 unspecified atom stereocenters. The van der Waals surface area contributed by atoms with Gasteiger partial charge in [-0.05, 0) is 43.4 Å². The van der Waals surface area contributed by atoms with Gasteiger partial charge in [-0.15, -0.1) is 0 Å². The van der Waals surface area contributed by atoms with Crippen molar-refractivity contribution in [3.8, 4) is 0 Å². The quantitative estimate of drug-likeness (QED) is 0.543. The van der Waals surface area contributed by atoms with Gasteiger partial charge in [-0.25, -0.2) is 4.57 Å². The molecule has 0 fully saturated rings. The van der Waals surface area contributed by atoms with Gasteiger partial charge in [0.05, 0.1) is 0 Å². The Morgan fingerprint density at radius 3 is 2.38 bits per heavy atom. The average molecular weight is 314 g/mol. The Kier molecular flexibility index (Phi) is 6.61. The maximum absolute atomic E-state index is 11.5. The van der Waals surface area contributed by atoms with Crippen molar-refractivity contribution < 1.29 is 18.9 Å². The fourth-order valence-corrected chi connectivity index (χ4v) is 3.57. The van der Waals surface area contributed by atoms with E-state index in [0.29, 0.717) is 12.8 Å². The Labute approximate surface area is 127 Å². The van der Waals surface area contributed by atoms with Gasteiger partial charge < -0.3 is 9.79 Å². The molecule has 2 N–H and O–H groups in total. The van der Waals surface area contributed by atoms with Crippen LogP contribution in [0.2, 0.25) is 0 Å². The highest BCUT2D eigenvalue weighted by atomic mass is 31.2. The van der Waals surface area contributed by atoms with E-state index in [1.165, 1.54) is 0 Å². The van der Waals surface area contributed by atoms with Gasteiger partial charge in [-0.1, -0.05) is 51.3 Å². The lowest BCUT2D eigenvalue weighted by atomic mass is 9.82. The monoisotopic (exact) mass is 314 g/mol. The highest BCUT2D eigenvalue weighted by Crippen LogP contribution is 2.50. The topological polar surface area (TPSA) is 66.8 Å². The van der Waals surface area contributed by atoms with Crippen molar-refractivity contribution in [2.24, 2.45) is 0 Å². The fourth-order valence-electron chi connectivity index (χ4n) is 2.79. The fraction of sp³-hybridized carbons (Fsp3) is 0.625. The first-order valence-corrected chi connectivity index (χ1v) is 9.11. The lowest BCUT2D eigenvalue weighted by Gasteiger charge is -2.35. The second-order valence-electron chi connectivity index (χ2n) is 5.63. The zero-order valence-electron chi connectivity index (χ0n) is 13.4. The van der Waals surface area contributed by atoms with E-state index in [2.05, 4.69) is 6.92 Å². The van der Waals surface area contributed by atoms with E-state index in [4.69, 9.17) is 4.52 Å². The molecule has 0 spiro atoms. The lowest BCUT2D eigenvalue weighted by Crippen LogP contribution is -2.29.